The largest absolute Gasteiger partial charge is 0.493 e. The van der Waals surface area contributed by atoms with Crippen LogP contribution in [0.15, 0.2) is 72.9 Å². The van der Waals surface area contributed by atoms with Crippen LogP contribution in [-0.2, 0) is 11.8 Å². The Morgan fingerprint density at radius 2 is 1.78 bits per heavy atom. The number of benzene rings is 3. The molecule has 0 atom stereocenters. The number of aromatic nitrogens is 4. The predicted octanol–water partition coefficient (Wildman–Crippen LogP) is 6.93. The Kier molecular flexibility index (Phi) is 7.87. The van der Waals surface area contributed by atoms with Gasteiger partial charge in [0, 0.05) is 47.8 Å². The van der Waals surface area contributed by atoms with Crippen molar-refractivity contribution in [2.24, 2.45) is 0 Å². The lowest BCUT2D eigenvalue weighted by Gasteiger charge is -2.22. The predicted molar refractivity (Wildman–Crippen MR) is 165 cm³/mol. The number of H-pyrrole nitrogens is 1. The summed E-state index contributed by atoms with van der Waals surface area (Å²) in [6.45, 7) is 9.16. The van der Waals surface area contributed by atoms with Crippen molar-refractivity contribution in [3.8, 4) is 17.0 Å². The van der Waals surface area contributed by atoms with Crippen LogP contribution in [0, 0.1) is 6.92 Å². The molecule has 0 fully saturated rings. The van der Waals surface area contributed by atoms with Gasteiger partial charge < -0.3 is 15.4 Å². The molecule has 0 spiro atoms. The summed E-state index contributed by atoms with van der Waals surface area (Å²) < 4.78 is 6.11. The van der Waals surface area contributed by atoms with E-state index >= 15 is 0 Å². The molecule has 2 heterocycles. The Hall–Kier alpha value is -4.92. The van der Waals surface area contributed by atoms with E-state index < -0.39 is 0 Å². The first-order valence-corrected chi connectivity index (χ1v) is 13.6. The fourth-order valence-corrected chi connectivity index (χ4v) is 4.95. The molecule has 5 rings (SSSR count). The van der Waals surface area contributed by atoms with Gasteiger partial charge in [0.15, 0.2) is 0 Å². The molecule has 41 heavy (non-hydrogen) atoms. The Morgan fingerprint density at radius 1 is 0.976 bits per heavy atom. The first-order chi connectivity index (χ1) is 19.7. The van der Waals surface area contributed by atoms with Crippen molar-refractivity contribution in [1.29, 1.82) is 0 Å². The number of urea groups is 1. The summed E-state index contributed by atoms with van der Waals surface area (Å²) >= 11 is 0. The van der Waals surface area contributed by atoms with Crippen LogP contribution in [0.5, 0.6) is 5.75 Å². The van der Waals surface area contributed by atoms with Gasteiger partial charge in [-0.3, -0.25) is 10.4 Å². The number of nitrogens with zero attached hydrogens (tertiary/aromatic N) is 3. The lowest BCUT2D eigenvalue weighted by molar-refractivity contribution is 0.262. The van der Waals surface area contributed by atoms with E-state index in [2.05, 4.69) is 69.9 Å². The summed E-state index contributed by atoms with van der Waals surface area (Å²) in [4.78, 5) is 21.6. The highest BCUT2D eigenvalue weighted by Crippen LogP contribution is 2.33. The molecular formula is C32H35N7O2. The van der Waals surface area contributed by atoms with Crippen molar-refractivity contribution in [3.63, 3.8) is 0 Å². The van der Waals surface area contributed by atoms with E-state index in [1.807, 2.05) is 60.7 Å². The van der Waals surface area contributed by atoms with Gasteiger partial charge >= 0.3 is 6.03 Å². The normalized spacial score (nSPS) is 11.3. The van der Waals surface area contributed by atoms with E-state index in [0.29, 0.717) is 30.5 Å². The highest BCUT2D eigenvalue weighted by atomic mass is 16.5. The molecule has 210 valence electrons. The zero-order valence-electron chi connectivity index (χ0n) is 24.0. The second-order valence-electron chi connectivity index (χ2n) is 10.9. The maximum atomic E-state index is 13.0. The number of rotatable bonds is 8. The lowest BCUT2D eigenvalue weighted by Crippen LogP contribution is -2.19. The Balaban J connectivity index is 1.27. The number of hydrogen-bond acceptors (Lipinski definition) is 6. The summed E-state index contributed by atoms with van der Waals surface area (Å²) in [6.07, 6.45) is 2.37. The van der Waals surface area contributed by atoms with Gasteiger partial charge in [0.25, 0.3) is 0 Å². The number of amides is 2. The molecule has 0 aliphatic rings. The molecule has 0 aliphatic carbocycles. The summed E-state index contributed by atoms with van der Waals surface area (Å²) in [5, 5.41) is 18.0. The second kappa shape index (κ2) is 11.7. The average molecular weight is 550 g/mol. The Labute approximate surface area is 239 Å². The van der Waals surface area contributed by atoms with Crippen molar-refractivity contribution in [1.82, 2.24) is 20.2 Å². The van der Waals surface area contributed by atoms with Crippen LogP contribution in [0.2, 0.25) is 0 Å². The highest BCUT2D eigenvalue weighted by Gasteiger charge is 2.19. The van der Waals surface area contributed by atoms with Gasteiger partial charge in [0.2, 0.25) is 5.95 Å². The summed E-state index contributed by atoms with van der Waals surface area (Å²) in [5.41, 5.74) is 5.84. The molecule has 2 amide bonds. The molecule has 0 unspecified atom stereocenters. The van der Waals surface area contributed by atoms with Crippen molar-refractivity contribution in [2.75, 3.05) is 29.6 Å². The van der Waals surface area contributed by atoms with Crippen LogP contribution >= 0.6 is 0 Å². The number of ether oxygens (including phenoxy) is 1. The molecule has 9 heteroatoms. The lowest BCUT2D eigenvalue weighted by atomic mass is 9.82. The van der Waals surface area contributed by atoms with Gasteiger partial charge in [0.1, 0.15) is 11.6 Å². The minimum atomic E-state index is -0.372. The number of hydrogen-bond donors (Lipinski definition) is 4. The summed E-state index contributed by atoms with van der Waals surface area (Å²) in [5.74, 6) is 1.83. The van der Waals surface area contributed by atoms with Crippen LogP contribution in [0.3, 0.4) is 0 Å². The number of aromatic amines is 1. The molecular weight excluding hydrogens is 514 g/mol. The van der Waals surface area contributed by atoms with Crippen molar-refractivity contribution in [3.05, 3.63) is 89.7 Å². The van der Waals surface area contributed by atoms with E-state index in [-0.39, 0.29) is 11.4 Å². The van der Waals surface area contributed by atoms with E-state index in [0.717, 1.165) is 33.5 Å². The van der Waals surface area contributed by atoms with Crippen molar-refractivity contribution >= 4 is 34.3 Å². The second-order valence-corrected chi connectivity index (χ2v) is 10.9. The summed E-state index contributed by atoms with van der Waals surface area (Å²) in [6, 6.07) is 21.1. The minimum Gasteiger partial charge on any atom is -0.493 e. The number of carbonyl (C=O) groups excluding carboxylic acids is 1. The molecule has 0 radical (unpaired) electrons. The molecule has 0 aliphatic heterocycles. The standard InChI is InChI=1S/C32H35N7O2/c1-20-22(11-8-12-25(20)32(2,3)4)27-19-29(39-38-27)37-31(40)36-26-13-14-28(24-10-7-6-9-23(24)26)41-18-16-21-15-17-34-30(33-5)35-21/h6-15,17,19H,16,18H2,1-5H3,(H,33,34,35)(H3,36,37,38,39,40). The molecule has 0 saturated carbocycles. The molecule has 4 N–H and O–H groups in total. The molecule has 9 nitrogen and oxygen atoms in total. The smallest absolute Gasteiger partial charge is 0.324 e. The van der Waals surface area contributed by atoms with Crippen LogP contribution in [0.25, 0.3) is 22.0 Å². The Morgan fingerprint density at radius 3 is 2.56 bits per heavy atom. The summed E-state index contributed by atoms with van der Waals surface area (Å²) in [7, 11) is 1.79. The van der Waals surface area contributed by atoms with Gasteiger partial charge in [-0.05, 0) is 41.7 Å². The van der Waals surface area contributed by atoms with Crippen LogP contribution in [0.4, 0.5) is 22.2 Å². The van der Waals surface area contributed by atoms with Crippen LogP contribution in [0.1, 0.15) is 37.6 Å². The zero-order chi connectivity index (χ0) is 29.0. The fraction of sp³-hybridized carbons (Fsp3) is 0.250. The molecule has 0 bridgehead atoms. The van der Waals surface area contributed by atoms with Crippen molar-refractivity contribution in [2.45, 2.75) is 39.5 Å². The number of fused-ring (bicyclic) bond motifs is 1. The van der Waals surface area contributed by atoms with Gasteiger partial charge in [-0.2, -0.15) is 5.10 Å². The van der Waals surface area contributed by atoms with E-state index in [1.165, 1.54) is 11.1 Å². The monoisotopic (exact) mass is 549 g/mol. The SMILES string of the molecule is CNc1nccc(CCOc2ccc(NC(=O)Nc3cc(-c4cccc(C(C)(C)C)c4C)n[nH]3)c3ccccc23)n1. The third-order valence-electron chi connectivity index (χ3n) is 6.93. The van der Waals surface area contributed by atoms with Crippen LogP contribution in [-0.4, -0.2) is 39.9 Å². The van der Waals surface area contributed by atoms with Crippen molar-refractivity contribution < 1.29 is 9.53 Å². The third kappa shape index (κ3) is 6.30. The molecule has 3 aromatic carbocycles. The fourth-order valence-electron chi connectivity index (χ4n) is 4.95. The quantitative estimate of drug-likeness (QED) is 0.167. The number of anilines is 3. The van der Waals surface area contributed by atoms with Gasteiger partial charge in [-0.25, -0.2) is 14.8 Å². The topological polar surface area (TPSA) is 117 Å². The first kappa shape index (κ1) is 27.6. The maximum Gasteiger partial charge on any atom is 0.324 e. The number of nitrogens with one attached hydrogen (secondary N) is 4. The average Bonchev–Trinajstić information content (AvgIpc) is 3.41. The highest BCUT2D eigenvalue weighted by molar-refractivity contribution is 6.07. The van der Waals surface area contributed by atoms with E-state index in [9.17, 15) is 4.79 Å². The first-order valence-electron chi connectivity index (χ1n) is 13.6. The molecule has 0 saturated heterocycles. The van der Waals surface area contributed by atoms with E-state index in [4.69, 9.17) is 4.74 Å². The third-order valence-corrected chi connectivity index (χ3v) is 6.93. The van der Waals surface area contributed by atoms with Gasteiger partial charge in [-0.1, -0.05) is 63.2 Å². The Bertz CT molecular complexity index is 1690. The minimum absolute atomic E-state index is 0.0218. The van der Waals surface area contributed by atoms with Crippen LogP contribution < -0.4 is 20.7 Å². The molecule has 2 aromatic heterocycles. The van der Waals surface area contributed by atoms with Gasteiger partial charge in [0.05, 0.1) is 18.0 Å². The zero-order valence-corrected chi connectivity index (χ0v) is 24.0. The van der Waals surface area contributed by atoms with Gasteiger partial charge in [-0.15, -0.1) is 0 Å². The number of carbonyl (C=O) groups is 1. The maximum absolute atomic E-state index is 13.0. The molecule has 5 aromatic rings. The van der Waals surface area contributed by atoms with E-state index in [1.54, 1.807) is 13.2 Å².